The van der Waals surface area contributed by atoms with Gasteiger partial charge in [0.25, 0.3) is 0 Å². The monoisotopic (exact) mass is 1450 g/mol. The van der Waals surface area contributed by atoms with Crippen LogP contribution in [0.15, 0.2) is 188 Å². The smallest absolute Gasteiger partial charge is 0.234 e. The lowest BCUT2D eigenvalue weighted by molar-refractivity contribution is -0.119. The summed E-state index contributed by atoms with van der Waals surface area (Å²) in [5.74, 6) is 1.66. The summed E-state index contributed by atoms with van der Waals surface area (Å²) in [7, 11) is 0. The number of ether oxygens (including phenoxy) is 8. The van der Waals surface area contributed by atoms with Crippen molar-refractivity contribution in [3.05, 3.63) is 216 Å². The first-order valence-electron chi connectivity index (χ1n) is 37.7. The fourth-order valence-corrected chi connectivity index (χ4v) is 15.5. The topological polar surface area (TPSA) is 228 Å². The highest BCUT2D eigenvalue weighted by Gasteiger charge is 2.38. The van der Waals surface area contributed by atoms with Crippen LogP contribution in [0.5, 0.6) is 17.2 Å². The van der Waals surface area contributed by atoms with Crippen LogP contribution in [0.1, 0.15) is 74.6 Å². The van der Waals surface area contributed by atoms with E-state index < -0.39 is 5.41 Å². The molecule has 0 unspecified atom stereocenters. The van der Waals surface area contributed by atoms with Gasteiger partial charge in [0.2, 0.25) is 5.91 Å². The summed E-state index contributed by atoms with van der Waals surface area (Å²) in [6.07, 6.45) is 5.27. The Hall–Kier alpha value is -11.7. The van der Waals surface area contributed by atoms with Crippen molar-refractivity contribution in [2.24, 2.45) is 0 Å². The second-order valence-corrected chi connectivity index (χ2v) is 28.9. The summed E-state index contributed by atoms with van der Waals surface area (Å²) in [6, 6.07) is 69.4. The molecule has 5 saturated heterocycles. The van der Waals surface area contributed by atoms with E-state index in [0.29, 0.717) is 106 Å². The minimum Gasteiger partial charge on any atom is -0.489 e. The number of morpholine rings is 2. The van der Waals surface area contributed by atoms with E-state index >= 15 is 4.39 Å². The van der Waals surface area contributed by atoms with Gasteiger partial charge >= 0.3 is 0 Å². The van der Waals surface area contributed by atoms with Crippen molar-refractivity contribution >= 4 is 55.7 Å². The van der Waals surface area contributed by atoms with Crippen LogP contribution in [-0.2, 0) is 33.9 Å². The lowest BCUT2D eigenvalue weighted by Gasteiger charge is -2.29. The van der Waals surface area contributed by atoms with E-state index in [1.54, 1.807) is 6.07 Å². The summed E-state index contributed by atoms with van der Waals surface area (Å²) < 4.78 is 60.6. The van der Waals surface area contributed by atoms with E-state index in [4.69, 9.17) is 37.9 Å². The second kappa shape index (κ2) is 32.0. The van der Waals surface area contributed by atoms with Crippen molar-refractivity contribution in [2.45, 2.75) is 76.1 Å². The lowest BCUT2D eigenvalue weighted by Crippen LogP contribution is -2.36. The first-order valence-corrected chi connectivity index (χ1v) is 37.7. The molecule has 0 radical (unpaired) electrons. The Labute approximate surface area is 632 Å². The van der Waals surface area contributed by atoms with Crippen LogP contribution >= 0.6 is 0 Å². The number of halogens is 1. The van der Waals surface area contributed by atoms with Crippen LogP contribution in [-0.4, -0.2) is 131 Å². The predicted molar refractivity (Wildman–Crippen MR) is 423 cm³/mol. The fraction of sp³-hybridized carbons (Fsp3) is 0.289. The number of hydrogen-bond donors (Lipinski definition) is 4. The Kier molecular flexibility index (Phi) is 21.0. The molecule has 4 N–H and O–H groups in total. The van der Waals surface area contributed by atoms with E-state index in [-0.39, 0.29) is 30.0 Å². The van der Waals surface area contributed by atoms with Gasteiger partial charge in [-0.2, -0.15) is 15.8 Å². The molecule has 109 heavy (non-hydrogen) atoms. The number of aromatic nitrogens is 3. The quantitative estimate of drug-likeness (QED) is 0.0794. The van der Waals surface area contributed by atoms with Crippen LogP contribution in [0.25, 0.3) is 99.9 Å². The number of carbonyl (C=O) groups excluding carboxylic acids is 1. The molecule has 12 aromatic rings. The van der Waals surface area contributed by atoms with Crippen LogP contribution in [0, 0.1) is 39.8 Å². The molecule has 6 aliphatic rings. The van der Waals surface area contributed by atoms with Crippen molar-refractivity contribution < 1.29 is 47.1 Å². The van der Waals surface area contributed by atoms with E-state index in [9.17, 15) is 20.6 Å². The molecule has 18 rings (SSSR count). The maximum Gasteiger partial charge on any atom is 0.234 e. The molecule has 19 heteroatoms. The number of rotatable bonds is 14. The summed E-state index contributed by atoms with van der Waals surface area (Å²) in [6.45, 7) is 14.0. The van der Waals surface area contributed by atoms with Gasteiger partial charge in [0.15, 0.2) is 0 Å². The van der Waals surface area contributed by atoms with Crippen molar-refractivity contribution in [1.29, 1.82) is 15.8 Å². The molecule has 9 heterocycles. The number of anilines is 3. The van der Waals surface area contributed by atoms with Crippen molar-refractivity contribution in [3.63, 3.8) is 0 Å². The molecule has 5 fully saturated rings. The number of nitrogens with zero attached hydrogens (tertiary/aromatic N) is 5. The van der Waals surface area contributed by atoms with Crippen LogP contribution in [0.4, 0.5) is 21.5 Å². The third kappa shape index (κ3) is 15.5. The van der Waals surface area contributed by atoms with E-state index in [1.165, 1.54) is 5.69 Å². The number of benzene rings is 9. The minimum absolute atomic E-state index is 0.0196. The van der Waals surface area contributed by atoms with Gasteiger partial charge in [-0.25, -0.2) is 4.39 Å². The van der Waals surface area contributed by atoms with Crippen LogP contribution in [0.2, 0.25) is 0 Å². The molecule has 0 aliphatic carbocycles. The molecular weight excluding hydrogens is 1370 g/mol. The molecule has 6 aliphatic heterocycles. The van der Waals surface area contributed by atoms with Gasteiger partial charge in [0.1, 0.15) is 59.6 Å². The molecule has 9 aromatic carbocycles. The number of hydrogen-bond acceptors (Lipinski definition) is 14. The van der Waals surface area contributed by atoms with Gasteiger partial charge in [0.05, 0.1) is 93.9 Å². The van der Waals surface area contributed by atoms with Crippen molar-refractivity contribution in [1.82, 2.24) is 15.0 Å². The summed E-state index contributed by atoms with van der Waals surface area (Å²) >= 11 is 0. The van der Waals surface area contributed by atoms with Crippen molar-refractivity contribution in [3.8, 4) is 103 Å². The highest BCUT2D eigenvalue weighted by Crippen LogP contribution is 2.43. The van der Waals surface area contributed by atoms with Crippen molar-refractivity contribution in [2.75, 3.05) is 107 Å². The largest absolute Gasteiger partial charge is 0.489 e. The standard InChI is InChI=1S/C30H28FN3O3.C30H27N3O3.C30H29N3O3/c31-26-17-21(4-6-29(26)34-10-14-36-15-11-34)28-18-25-24(2-1-3-27(25)33-28)20-5-7-30(22(16-20)19-32)37-23-8-12-35-13-9-23;1-30(2)24-8-6-19(15-27(24)33-29(30)34)26-16-23-22(4-3-5-25(23)32-26)18-7-9-28(20(14-18)17-31)36-21-10-12-35-13-11-21;31-20-23-17-21(7-8-30(23)36-25-9-13-34-14-10-25)26-5-2-6-28-27(26)19-29(32-28)22-3-1-4-24(18-22)33-11-15-35-16-12-33/h1-7,16-18,23,33H,8-15H2;3-9,14-16,21,32H,10-13H2,1-2H3,(H,33,34);1-8,17-19,25,32H,9-16H2. The Morgan fingerprint density at radius 2 is 0.789 bits per heavy atom. The third-order valence-electron chi connectivity index (χ3n) is 21.6. The summed E-state index contributed by atoms with van der Waals surface area (Å²) in [5, 5.41) is 35.7. The molecule has 550 valence electrons. The van der Waals surface area contributed by atoms with Crippen LogP contribution in [0.3, 0.4) is 0 Å². The molecular formula is C90H84FN9O9. The highest BCUT2D eigenvalue weighted by atomic mass is 19.1. The SMILES string of the molecule is CC1(C)C(=O)Nc2cc(-c3cc4c(-c5ccc(OC6CCOCC6)c(C#N)c5)cccc4[nH]3)ccc21.N#Cc1cc(-c2cccc3[nH]c(-c4ccc(N5CCOCC5)c(F)c4)cc23)ccc1OC1CCOCC1.N#Cc1cc(-c2cccc3[nH]c(-c4cccc(N5CCOCC5)c4)cc23)ccc1OC1CCOCC1. The number of aromatic amines is 3. The average Bonchev–Trinajstić information content (AvgIpc) is 1.48. The Balaban J connectivity index is 0.000000124. The first-order chi connectivity index (χ1) is 53.4. The predicted octanol–water partition coefficient (Wildman–Crippen LogP) is 17.8. The van der Waals surface area contributed by atoms with Crippen LogP contribution < -0.4 is 29.3 Å². The summed E-state index contributed by atoms with van der Waals surface area (Å²) in [4.78, 5) is 27.3. The van der Waals surface area contributed by atoms with Gasteiger partial charge in [-0.15, -0.1) is 0 Å². The Morgan fingerprint density at radius 3 is 1.21 bits per heavy atom. The van der Waals surface area contributed by atoms with Gasteiger partial charge in [-0.1, -0.05) is 84.9 Å². The van der Waals surface area contributed by atoms with Gasteiger partial charge in [0, 0.05) is 143 Å². The molecule has 18 nitrogen and oxygen atoms in total. The Morgan fingerprint density at radius 1 is 0.413 bits per heavy atom. The maximum atomic E-state index is 15.1. The lowest BCUT2D eigenvalue weighted by atomic mass is 9.86. The average molecular weight is 1450 g/mol. The summed E-state index contributed by atoms with van der Waals surface area (Å²) in [5.41, 5.74) is 19.7. The van der Waals surface area contributed by atoms with Gasteiger partial charge < -0.3 is 68.0 Å². The molecule has 0 atom stereocenters. The molecule has 1 amide bonds. The normalized spacial score (nSPS) is 16.8. The number of carbonyl (C=O) groups is 1. The Bertz CT molecular complexity index is 5480. The number of nitrogens with one attached hydrogen (secondary N) is 4. The number of H-pyrrole nitrogens is 3. The zero-order chi connectivity index (χ0) is 74.4. The maximum absolute atomic E-state index is 15.1. The first kappa shape index (κ1) is 71.5. The molecule has 0 saturated carbocycles. The number of nitriles is 3. The van der Waals surface area contributed by atoms with Gasteiger partial charge in [-0.05, 0) is 156 Å². The third-order valence-corrected chi connectivity index (χ3v) is 21.6. The molecule has 0 bridgehead atoms. The zero-order valence-corrected chi connectivity index (χ0v) is 61.1. The van der Waals surface area contributed by atoms with E-state index in [2.05, 4.69) is 122 Å². The number of fused-ring (bicyclic) bond motifs is 4. The van der Waals surface area contributed by atoms with E-state index in [0.717, 1.165) is 176 Å². The minimum atomic E-state index is -0.527. The molecule has 3 aromatic heterocycles. The molecule has 0 spiro atoms. The number of amides is 1. The zero-order valence-electron chi connectivity index (χ0n) is 61.1. The fourth-order valence-electron chi connectivity index (χ4n) is 15.5. The van der Waals surface area contributed by atoms with Gasteiger partial charge in [-0.3, -0.25) is 4.79 Å². The highest BCUT2D eigenvalue weighted by molar-refractivity contribution is 6.07. The second-order valence-electron chi connectivity index (χ2n) is 28.9. The van der Waals surface area contributed by atoms with E-state index in [1.807, 2.05) is 122 Å².